The minimum atomic E-state index is -0.772. The molecule has 1 unspecified atom stereocenters. The lowest BCUT2D eigenvalue weighted by atomic mass is 9.91. The Morgan fingerprint density at radius 3 is 2.60 bits per heavy atom. The molecule has 2 aromatic carbocycles. The molecule has 5 heteroatoms. The normalized spacial score (nSPS) is 15.8. The molecule has 0 radical (unpaired) electrons. The Hall–Kier alpha value is -3.47. The predicted octanol–water partition coefficient (Wildman–Crippen LogP) is 4.53. The monoisotopic (exact) mass is 399 g/mol. The third-order valence-electron chi connectivity index (χ3n) is 5.35. The number of hydrogen-bond acceptors (Lipinski definition) is 4. The van der Waals surface area contributed by atoms with Gasteiger partial charge in [0, 0.05) is 24.5 Å². The van der Waals surface area contributed by atoms with Crippen LogP contribution in [-0.2, 0) is 4.79 Å². The molecular formula is C25H25N3O2. The second kappa shape index (κ2) is 8.11. The number of aromatic nitrogens is 1. The standard InChI is InChI=1S/C25H25N3O2/c1-16(2)27-25(30)22-15-28(24-21(23(22)29)12-7-13-26-24)19-10-6-9-18(14-19)20-11-5-4-8-17(20)3/h4-14,16,22H,15H2,1-3H3,(H,27,30). The first-order valence-electron chi connectivity index (χ1n) is 10.2. The molecule has 0 aliphatic carbocycles. The third-order valence-corrected chi connectivity index (χ3v) is 5.35. The first-order valence-corrected chi connectivity index (χ1v) is 10.2. The topological polar surface area (TPSA) is 62.3 Å². The fourth-order valence-corrected chi connectivity index (χ4v) is 3.90. The number of fused-ring (bicyclic) bond motifs is 1. The number of ketones is 1. The van der Waals surface area contributed by atoms with Crippen molar-refractivity contribution in [2.75, 3.05) is 11.4 Å². The van der Waals surface area contributed by atoms with Crippen molar-refractivity contribution >= 4 is 23.2 Å². The molecule has 1 atom stereocenters. The maximum atomic E-state index is 13.0. The van der Waals surface area contributed by atoms with E-state index < -0.39 is 5.92 Å². The number of hydrogen-bond donors (Lipinski definition) is 1. The molecule has 0 saturated carbocycles. The van der Waals surface area contributed by atoms with E-state index in [1.54, 1.807) is 18.3 Å². The molecule has 5 nitrogen and oxygen atoms in total. The number of nitrogens with zero attached hydrogens (tertiary/aromatic N) is 2. The summed E-state index contributed by atoms with van der Waals surface area (Å²) >= 11 is 0. The lowest BCUT2D eigenvalue weighted by Gasteiger charge is -2.34. The molecule has 3 aromatic rings. The summed E-state index contributed by atoms with van der Waals surface area (Å²) in [6.45, 7) is 6.14. The van der Waals surface area contributed by atoms with E-state index in [2.05, 4.69) is 41.5 Å². The van der Waals surface area contributed by atoms with E-state index in [-0.39, 0.29) is 24.3 Å². The number of anilines is 2. The van der Waals surface area contributed by atoms with Crippen LogP contribution in [0.2, 0.25) is 0 Å². The summed E-state index contributed by atoms with van der Waals surface area (Å²) in [5.41, 5.74) is 4.82. The minimum Gasteiger partial charge on any atom is -0.353 e. The highest BCUT2D eigenvalue weighted by Gasteiger charge is 2.38. The van der Waals surface area contributed by atoms with Crippen LogP contribution in [0.4, 0.5) is 11.5 Å². The van der Waals surface area contributed by atoms with Crippen molar-refractivity contribution < 1.29 is 9.59 Å². The predicted molar refractivity (Wildman–Crippen MR) is 119 cm³/mol. The van der Waals surface area contributed by atoms with E-state index >= 15 is 0 Å². The zero-order valence-electron chi connectivity index (χ0n) is 17.4. The van der Waals surface area contributed by atoms with Crippen LogP contribution in [0, 0.1) is 12.8 Å². The third kappa shape index (κ3) is 3.71. The highest BCUT2D eigenvalue weighted by Crippen LogP contribution is 2.36. The zero-order valence-corrected chi connectivity index (χ0v) is 17.4. The number of benzene rings is 2. The smallest absolute Gasteiger partial charge is 0.232 e. The van der Waals surface area contributed by atoms with Crippen LogP contribution in [0.3, 0.4) is 0 Å². The number of amides is 1. The highest BCUT2D eigenvalue weighted by molar-refractivity contribution is 6.14. The van der Waals surface area contributed by atoms with Gasteiger partial charge in [-0.1, -0.05) is 36.4 Å². The Balaban J connectivity index is 1.77. The van der Waals surface area contributed by atoms with E-state index in [1.165, 1.54) is 5.56 Å². The van der Waals surface area contributed by atoms with Crippen molar-refractivity contribution in [2.45, 2.75) is 26.8 Å². The van der Waals surface area contributed by atoms with Crippen LogP contribution in [0.5, 0.6) is 0 Å². The van der Waals surface area contributed by atoms with Crippen LogP contribution in [0.1, 0.15) is 29.8 Å². The second-order valence-corrected chi connectivity index (χ2v) is 7.93. The first kappa shape index (κ1) is 19.8. The van der Waals surface area contributed by atoms with Crippen LogP contribution in [0.15, 0.2) is 66.9 Å². The van der Waals surface area contributed by atoms with Crippen LogP contribution >= 0.6 is 0 Å². The Kier molecular flexibility index (Phi) is 5.36. The largest absolute Gasteiger partial charge is 0.353 e. The summed E-state index contributed by atoms with van der Waals surface area (Å²) in [5.74, 6) is -0.601. The van der Waals surface area contributed by atoms with Gasteiger partial charge >= 0.3 is 0 Å². The maximum absolute atomic E-state index is 13.0. The highest BCUT2D eigenvalue weighted by atomic mass is 16.2. The van der Waals surface area contributed by atoms with Crippen molar-refractivity contribution in [3.05, 3.63) is 78.0 Å². The zero-order chi connectivity index (χ0) is 21.3. The SMILES string of the molecule is Cc1ccccc1-c1cccc(N2CC(C(=O)NC(C)C)C(=O)c3cccnc32)c1. The number of carbonyl (C=O) groups excluding carboxylic acids is 2. The van der Waals surface area contributed by atoms with Crippen molar-refractivity contribution in [1.29, 1.82) is 0 Å². The lowest BCUT2D eigenvalue weighted by molar-refractivity contribution is -0.123. The van der Waals surface area contributed by atoms with Gasteiger partial charge in [-0.05, 0) is 61.7 Å². The number of aryl methyl sites for hydroxylation is 1. The van der Waals surface area contributed by atoms with Crippen molar-refractivity contribution in [3.63, 3.8) is 0 Å². The Bertz CT molecular complexity index is 1110. The van der Waals surface area contributed by atoms with Gasteiger partial charge in [0.2, 0.25) is 5.91 Å². The molecule has 1 aliphatic rings. The van der Waals surface area contributed by atoms with Crippen LogP contribution in [0.25, 0.3) is 11.1 Å². The molecule has 4 rings (SSSR count). The first-order chi connectivity index (χ1) is 14.5. The van der Waals surface area contributed by atoms with E-state index in [0.717, 1.165) is 16.8 Å². The van der Waals surface area contributed by atoms with Crippen LogP contribution < -0.4 is 10.2 Å². The molecular weight excluding hydrogens is 374 g/mol. The van der Waals surface area contributed by atoms with Gasteiger partial charge < -0.3 is 10.2 Å². The summed E-state index contributed by atoms with van der Waals surface area (Å²) in [6.07, 6.45) is 1.68. The van der Waals surface area contributed by atoms with Gasteiger partial charge in [0.25, 0.3) is 0 Å². The fraction of sp³-hybridized carbons (Fsp3) is 0.240. The summed E-state index contributed by atoms with van der Waals surface area (Å²) in [7, 11) is 0. The van der Waals surface area contributed by atoms with Crippen molar-refractivity contribution in [3.8, 4) is 11.1 Å². The molecule has 1 N–H and O–H groups in total. The molecule has 152 valence electrons. The van der Waals surface area contributed by atoms with Crippen LogP contribution in [-0.4, -0.2) is 29.3 Å². The molecule has 0 spiro atoms. The van der Waals surface area contributed by atoms with Gasteiger partial charge in [-0.25, -0.2) is 4.98 Å². The lowest BCUT2D eigenvalue weighted by Crippen LogP contribution is -2.47. The van der Waals surface area contributed by atoms with Gasteiger partial charge in [-0.15, -0.1) is 0 Å². The average molecular weight is 399 g/mol. The molecule has 0 saturated heterocycles. The van der Waals surface area contributed by atoms with E-state index in [1.807, 2.05) is 43.0 Å². The Labute approximate surface area is 176 Å². The number of pyridine rings is 1. The van der Waals surface area contributed by atoms with E-state index in [9.17, 15) is 9.59 Å². The summed E-state index contributed by atoms with van der Waals surface area (Å²) in [6, 6.07) is 19.8. The van der Waals surface area contributed by atoms with Gasteiger partial charge in [0.15, 0.2) is 5.78 Å². The molecule has 1 aromatic heterocycles. The summed E-state index contributed by atoms with van der Waals surface area (Å²) in [5, 5.41) is 2.88. The molecule has 30 heavy (non-hydrogen) atoms. The van der Waals surface area contributed by atoms with Gasteiger partial charge in [0.1, 0.15) is 11.7 Å². The molecule has 0 fully saturated rings. The van der Waals surface area contributed by atoms with Crippen molar-refractivity contribution in [2.24, 2.45) is 5.92 Å². The van der Waals surface area contributed by atoms with Gasteiger partial charge in [-0.3, -0.25) is 9.59 Å². The number of nitrogens with one attached hydrogen (secondary N) is 1. The van der Waals surface area contributed by atoms with Gasteiger partial charge in [-0.2, -0.15) is 0 Å². The second-order valence-electron chi connectivity index (χ2n) is 7.93. The molecule has 1 aliphatic heterocycles. The summed E-state index contributed by atoms with van der Waals surface area (Å²) < 4.78 is 0. The number of rotatable bonds is 4. The average Bonchev–Trinajstić information content (AvgIpc) is 2.74. The Morgan fingerprint density at radius 1 is 1.07 bits per heavy atom. The quantitative estimate of drug-likeness (QED) is 0.655. The summed E-state index contributed by atoms with van der Waals surface area (Å²) in [4.78, 5) is 32.2. The van der Waals surface area contributed by atoms with Crippen molar-refractivity contribution in [1.82, 2.24) is 10.3 Å². The Morgan fingerprint density at radius 2 is 1.83 bits per heavy atom. The number of carbonyl (C=O) groups is 2. The molecule has 2 heterocycles. The number of Topliss-reactive ketones (excluding diaryl/α,β-unsaturated/α-hetero) is 1. The van der Waals surface area contributed by atoms with E-state index in [0.29, 0.717) is 11.4 Å². The minimum absolute atomic E-state index is 0.0292. The molecule has 1 amide bonds. The van der Waals surface area contributed by atoms with Gasteiger partial charge in [0.05, 0.1) is 5.56 Å². The maximum Gasteiger partial charge on any atom is 0.232 e. The van der Waals surface area contributed by atoms with E-state index in [4.69, 9.17) is 0 Å². The fourth-order valence-electron chi connectivity index (χ4n) is 3.90. The molecule has 0 bridgehead atoms.